The lowest BCUT2D eigenvalue weighted by atomic mass is 9.83. The van der Waals surface area contributed by atoms with Crippen LogP contribution in [0.3, 0.4) is 0 Å². The van der Waals surface area contributed by atoms with Crippen LogP contribution in [0.15, 0.2) is 24.4 Å². The molecule has 2 atom stereocenters. The second-order valence-corrected chi connectivity index (χ2v) is 8.17. The van der Waals surface area contributed by atoms with Crippen molar-refractivity contribution in [3.05, 3.63) is 29.3 Å². The molecule has 0 unspecified atom stereocenters. The number of H-pyrrole nitrogens is 1. The normalized spacial score (nSPS) is 22.7. The number of nitrogens with zero attached hydrogens (tertiary/aromatic N) is 3. The molecule has 0 radical (unpaired) electrons. The number of rotatable bonds is 5. The van der Waals surface area contributed by atoms with Gasteiger partial charge in [-0.3, -0.25) is 14.8 Å². The second-order valence-electron chi connectivity index (χ2n) is 7.00. The molecule has 27 heavy (non-hydrogen) atoms. The smallest absolute Gasteiger partial charge is 0.222 e. The third-order valence-electron chi connectivity index (χ3n) is 5.40. The largest absolute Gasteiger partial charge is 0.338 e. The van der Waals surface area contributed by atoms with E-state index >= 15 is 0 Å². The summed E-state index contributed by atoms with van der Waals surface area (Å²) in [5, 5.41) is 7.05. The number of aromatic amines is 1. The monoisotopic (exact) mass is 431 g/mol. The number of thiophene rings is 1. The van der Waals surface area contributed by atoms with E-state index in [9.17, 15) is 4.79 Å². The lowest BCUT2D eigenvalue weighted by Crippen LogP contribution is -2.56. The predicted molar refractivity (Wildman–Crippen MR) is 114 cm³/mol. The second kappa shape index (κ2) is 9.89. The number of hydrogen-bond donors (Lipinski definition) is 2. The number of piperidine rings is 2. The number of hydrogen-bond acceptors (Lipinski definition) is 5. The third-order valence-corrected chi connectivity index (χ3v) is 6.51. The third kappa shape index (κ3) is 4.84. The van der Waals surface area contributed by atoms with Gasteiger partial charge < -0.3 is 10.6 Å². The van der Waals surface area contributed by atoms with Gasteiger partial charge in [-0.05, 0) is 37.0 Å². The number of nitrogens with one attached hydrogen (secondary N) is 1. The number of nitrogens with two attached hydrogens (primary N) is 1. The highest BCUT2D eigenvalue weighted by Gasteiger charge is 2.38. The molecule has 3 N–H and O–H groups in total. The highest BCUT2D eigenvalue weighted by molar-refractivity contribution is 7.15. The van der Waals surface area contributed by atoms with Gasteiger partial charge in [0.2, 0.25) is 5.91 Å². The first-order valence-corrected chi connectivity index (χ1v) is 9.86. The van der Waals surface area contributed by atoms with Gasteiger partial charge in [0.1, 0.15) is 0 Å². The number of carbonyl (C=O) groups excluding carboxylic acids is 1. The Kier molecular flexibility index (Phi) is 8.12. The maximum absolute atomic E-state index is 12.2. The summed E-state index contributed by atoms with van der Waals surface area (Å²) in [5.41, 5.74) is 6.79. The fourth-order valence-corrected chi connectivity index (χ4v) is 5.25. The van der Waals surface area contributed by atoms with Crippen molar-refractivity contribution in [2.45, 2.75) is 31.8 Å². The molecule has 6 nitrogen and oxygen atoms in total. The maximum Gasteiger partial charge on any atom is 0.222 e. The summed E-state index contributed by atoms with van der Waals surface area (Å²) in [6.07, 6.45) is 4.55. The van der Waals surface area contributed by atoms with E-state index in [2.05, 4.69) is 27.2 Å². The highest BCUT2D eigenvalue weighted by atomic mass is 35.5. The van der Waals surface area contributed by atoms with Crippen molar-refractivity contribution in [2.75, 3.05) is 26.2 Å². The number of likely N-dealkylation sites (tertiary alicyclic amines) is 2. The molecule has 2 aliphatic heterocycles. The van der Waals surface area contributed by atoms with Gasteiger partial charge in [0.05, 0.1) is 10.6 Å². The number of amides is 1. The lowest BCUT2D eigenvalue weighted by Gasteiger charge is -2.47. The highest BCUT2D eigenvalue weighted by Crippen LogP contribution is 2.33. The summed E-state index contributed by atoms with van der Waals surface area (Å²) in [7, 11) is 0. The molecule has 2 fully saturated rings. The van der Waals surface area contributed by atoms with Gasteiger partial charge in [-0.25, -0.2) is 0 Å². The summed E-state index contributed by atoms with van der Waals surface area (Å²) >= 11 is 1.83. The average molecular weight is 432 g/mol. The van der Waals surface area contributed by atoms with Crippen molar-refractivity contribution in [3.63, 3.8) is 0 Å². The first-order chi connectivity index (χ1) is 12.2. The van der Waals surface area contributed by atoms with Gasteiger partial charge in [0.25, 0.3) is 0 Å². The summed E-state index contributed by atoms with van der Waals surface area (Å²) in [6, 6.07) is 6.79. The van der Waals surface area contributed by atoms with Crippen molar-refractivity contribution in [1.29, 1.82) is 0 Å². The van der Waals surface area contributed by atoms with Gasteiger partial charge in [0, 0.05) is 56.3 Å². The SMILES string of the molecule is Cl.Cl.NCCN1C(=O)CC[C@H]2CN(Cc3ccc(-c4ccn[nH]4)s3)CC[C@H]21. The van der Waals surface area contributed by atoms with E-state index in [1.165, 1.54) is 9.75 Å². The Labute approximate surface area is 176 Å². The Morgan fingerprint density at radius 3 is 2.85 bits per heavy atom. The van der Waals surface area contributed by atoms with Crippen LogP contribution in [-0.2, 0) is 11.3 Å². The molecule has 4 heterocycles. The minimum atomic E-state index is 0. The minimum Gasteiger partial charge on any atom is -0.338 e. The molecule has 2 aromatic heterocycles. The molecular formula is C18H27Cl2N5OS. The summed E-state index contributed by atoms with van der Waals surface area (Å²) in [4.78, 5) is 19.4. The van der Waals surface area contributed by atoms with Gasteiger partial charge in [0.15, 0.2) is 0 Å². The summed E-state index contributed by atoms with van der Waals surface area (Å²) in [5.74, 6) is 0.882. The fourth-order valence-electron chi connectivity index (χ4n) is 4.22. The van der Waals surface area contributed by atoms with Gasteiger partial charge in [-0.2, -0.15) is 5.10 Å². The quantitative estimate of drug-likeness (QED) is 0.762. The van der Waals surface area contributed by atoms with Crippen LogP contribution >= 0.6 is 36.2 Å². The number of halogens is 2. The van der Waals surface area contributed by atoms with E-state index in [0.29, 0.717) is 37.4 Å². The molecule has 2 aliphatic rings. The van der Waals surface area contributed by atoms with Crippen molar-refractivity contribution in [3.8, 4) is 10.6 Å². The van der Waals surface area contributed by atoms with Crippen LogP contribution in [0, 0.1) is 5.92 Å². The van der Waals surface area contributed by atoms with E-state index in [1.54, 1.807) is 6.20 Å². The van der Waals surface area contributed by atoms with Crippen LogP contribution in [0.25, 0.3) is 10.6 Å². The standard InChI is InChI=1S/C18H25N5OS.2ClH/c19-7-10-23-16-6-9-22(11-13(16)1-4-18(23)24)12-14-2-3-17(25-14)15-5-8-20-21-15;;/h2-3,5,8,13,16H,1,4,6-7,9-12,19H2,(H,20,21);2*1H/t13-,16+;;/m0../s1. The molecule has 150 valence electrons. The first kappa shape index (κ1) is 22.2. The minimum absolute atomic E-state index is 0. The van der Waals surface area contributed by atoms with Crippen LogP contribution in [0.4, 0.5) is 0 Å². The molecule has 2 saturated heterocycles. The zero-order valence-corrected chi connectivity index (χ0v) is 17.6. The van der Waals surface area contributed by atoms with Crippen LogP contribution in [-0.4, -0.2) is 58.1 Å². The van der Waals surface area contributed by atoms with Crippen molar-refractivity contribution < 1.29 is 4.79 Å². The molecule has 2 aromatic rings. The Hall–Kier alpha value is -1.12. The van der Waals surface area contributed by atoms with Crippen molar-refractivity contribution in [2.24, 2.45) is 11.7 Å². The number of fused-ring (bicyclic) bond motifs is 1. The van der Waals surface area contributed by atoms with E-state index in [-0.39, 0.29) is 24.8 Å². The molecular weight excluding hydrogens is 405 g/mol. The maximum atomic E-state index is 12.2. The summed E-state index contributed by atoms with van der Waals surface area (Å²) < 4.78 is 0. The average Bonchev–Trinajstić information content (AvgIpc) is 3.29. The predicted octanol–water partition coefficient (Wildman–Crippen LogP) is 2.75. The molecule has 0 aliphatic carbocycles. The Bertz CT molecular complexity index is 723. The van der Waals surface area contributed by atoms with Crippen LogP contribution < -0.4 is 5.73 Å². The Balaban J connectivity index is 0.00000131. The zero-order chi connectivity index (χ0) is 17.2. The number of carbonyl (C=O) groups is 1. The van der Waals surface area contributed by atoms with Crippen LogP contribution in [0.5, 0.6) is 0 Å². The topological polar surface area (TPSA) is 78.2 Å². The first-order valence-electron chi connectivity index (χ1n) is 9.05. The van der Waals surface area contributed by atoms with Crippen molar-refractivity contribution >= 4 is 42.1 Å². The number of aromatic nitrogens is 2. The fraction of sp³-hybridized carbons (Fsp3) is 0.556. The lowest BCUT2D eigenvalue weighted by molar-refractivity contribution is -0.140. The summed E-state index contributed by atoms with van der Waals surface area (Å²) in [6.45, 7) is 4.39. The van der Waals surface area contributed by atoms with Crippen molar-refractivity contribution in [1.82, 2.24) is 20.0 Å². The van der Waals surface area contributed by atoms with Gasteiger partial charge in [-0.15, -0.1) is 36.2 Å². The molecule has 0 bridgehead atoms. The van der Waals surface area contributed by atoms with E-state index in [4.69, 9.17) is 5.73 Å². The van der Waals surface area contributed by atoms with Crippen LogP contribution in [0.2, 0.25) is 0 Å². The Morgan fingerprint density at radius 2 is 2.11 bits per heavy atom. The Morgan fingerprint density at radius 1 is 1.26 bits per heavy atom. The van der Waals surface area contributed by atoms with E-state index < -0.39 is 0 Å². The van der Waals surface area contributed by atoms with E-state index in [1.807, 2.05) is 22.3 Å². The van der Waals surface area contributed by atoms with Gasteiger partial charge >= 0.3 is 0 Å². The molecule has 1 amide bonds. The zero-order valence-electron chi connectivity index (χ0n) is 15.2. The molecule has 0 aromatic carbocycles. The molecule has 9 heteroatoms. The van der Waals surface area contributed by atoms with Crippen LogP contribution in [0.1, 0.15) is 24.1 Å². The molecule has 4 rings (SSSR count). The molecule has 0 saturated carbocycles. The van der Waals surface area contributed by atoms with E-state index in [0.717, 1.165) is 38.2 Å². The molecule has 0 spiro atoms. The van der Waals surface area contributed by atoms with Gasteiger partial charge in [-0.1, -0.05) is 0 Å².